The number of nitrogens with two attached hydrogens (primary N) is 1. The van der Waals surface area contributed by atoms with Crippen LogP contribution < -0.4 is 5.73 Å². The molecular formula is C13H17N3S. The molecule has 0 bridgehead atoms. The molecule has 90 valence electrons. The molecule has 0 atom stereocenters. The van der Waals surface area contributed by atoms with Crippen LogP contribution in [-0.4, -0.2) is 15.5 Å². The van der Waals surface area contributed by atoms with Crippen LogP contribution >= 0.6 is 11.3 Å². The third-order valence-electron chi connectivity index (χ3n) is 2.50. The summed E-state index contributed by atoms with van der Waals surface area (Å²) in [6.45, 7) is 4.09. The molecule has 0 aliphatic rings. The van der Waals surface area contributed by atoms with Crippen molar-refractivity contribution in [2.75, 3.05) is 0 Å². The van der Waals surface area contributed by atoms with E-state index >= 15 is 0 Å². The summed E-state index contributed by atoms with van der Waals surface area (Å²) in [5, 5.41) is 3.17. The lowest BCUT2D eigenvalue weighted by molar-refractivity contribution is 0.475. The lowest BCUT2D eigenvalue weighted by atomic mass is 9.99. The van der Waals surface area contributed by atoms with E-state index in [0.717, 1.165) is 29.1 Å². The maximum absolute atomic E-state index is 5.97. The average Bonchev–Trinajstić information content (AvgIpc) is 2.75. The lowest BCUT2D eigenvalue weighted by Crippen LogP contribution is -2.32. The first-order chi connectivity index (χ1) is 8.04. The Balaban J connectivity index is 2.07. The Hall–Kier alpha value is -1.26. The average molecular weight is 247 g/mol. The Bertz CT molecular complexity index is 471. The van der Waals surface area contributed by atoms with Gasteiger partial charge < -0.3 is 5.73 Å². The third-order valence-corrected chi connectivity index (χ3v) is 3.44. The number of pyridine rings is 1. The quantitative estimate of drug-likeness (QED) is 0.903. The lowest BCUT2D eigenvalue weighted by Gasteiger charge is -2.16. The zero-order chi connectivity index (χ0) is 12.3. The molecular weight excluding hydrogens is 230 g/mol. The predicted molar refractivity (Wildman–Crippen MR) is 71.9 cm³/mol. The van der Waals surface area contributed by atoms with Crippen LogP contribution in [0.2, 0.25) is 0 Å². The van der Waals surface area contributed by atoms with E-state index in [0.29, 0.717) is 0 Å². The highest BCUT2D eigenvalue weighted by atomic mass is 32.1. The SMILES string of the molecule is CC(C)(N)CCc1csc(-c2ccncc2)n1. The minimum absolute atomic E-state index is 0.125. The van der Waals surface area contributed by atoms with Crippen molar-refractivity contribution >= 4 is 11.3 Å². The maximum atomic E-state index is 5.97. The molecule has 0 aliphatic heterocycles. The van der Waals surface area contributed by atoms with E-state index in [1.165, 1.54) is 0 Å². The fourth-order valence-corrected chi connectivity index (χ4v) is 2.36. The topological polar surface area (TPSA) is 51.8 Å². The van der Waals surface area contributed by atoms with E-state index in [2.05, 4.69) is 15.3 Å². The molecule has 0 amide bonds. The molecule has 0 saturated carbocycles. The van der Waals surface area contributed by atoms with Gasteiger partial charge in [-0.15, -0.1) is 11.3 Å². The van der Waals surface area contributed by atoms with Gasteiger partial charge in [0.05, 0.1) is 5.69 Å². The molecule has 0 saturated heterocycles. The first-order valence-corrected chi connectivity index (χ1v) is 6.56. The van der Waals surface area contributed by atoms with Crippen molar-refractivity contribution < 1.29 is 0 Å². The van der Waals surface area contributed by atoms with Crippen molar-refractivity contribution in [2.45, 2.75) is 32.2 Å². The van der Waals surface area contributed by atoms with Crippen molar-refractivity contribution in [3.63, 3.8) is 0 Å². The molecule has 0 spiro atoms. The van der Waals surface area contributed by atoms with Gasteiger partial charge in [0.15, 0.2) is 0 Å². The molecule has 3 nitrogen and oxygen atoms in total. The summed E-state index contributed by atoms with van der Waals surface area (Å²) in [6.07, 6.45) is 5.47. The van der Waals surface area contributed by atoms with Crippen LogP contribution in [0.3, 0.4) is 0 Å². The Morgan fingerprint density at radius 3 is 2.65 bits per heavy atom. The Kier molecular flexibility index (Phi) is 3.54. The van der Waals surface area contributed by atoms with Gasteiger partial charge >= 0.3 is 0 Å². The summed E-state index contributed by atoms with van der Waals surface area (Å²) in [7, 11) is 0. The van der Waals surface area contributed by atoms with E-state index in [9.17, 15) is 0 Å². The minimum Gasteiger partial charge on any atom is -0.326 e. The molecule has 4 heteroatoms. The molecule has 2 N–H and O–H groups in total. The van der Waals surface area contributed by atoms with Crippen LogP contribution in [-0.2, 0) is 6.42 Å². The van der Waals surface area contributed by atoms with Gasteiger partial charge in [0.1, 0.15) is 5.01 Å². The summed E-state index contributed by atoms with van der Waals surface area (Å²) in [4.78, 5) is 8.63. The third kappa shape index (κ3) is 3.61. The second-order valence-corrected chi connectivity index (χ2v) is 5.73. The number of thiazole rings is 1. The highest BCUT2D eigenvalue weighted by molar-refractivity contribution is 7.13. The fourth-order valence-electron chi connectivity index (χ4n) is 1.50. The van der Waals surface area contributed by atoms with Gasteiger partial charge in [-0.25, -0.2) is 4.98 Å². The molecule has 0 aliphatic carbocycles. The monoisotopic (exact) mass is 247 g/mol. The van der Waals surface area contributed by atoms with Crippen LogP contribution in [0.5, 0.6) is 0 Å². The van der Waals surface area contributed by atoms with Crippen LogP contribution in [0.4, 0.5) is 0 Å². The van der Waals surface area contributed by atoms with Gasteiger partial charge in [-0.3, -0.25) is 4.98 Å². The normalized spacial score (nSPS) is 11.7. The van der Waals surface area contributed by atoms with Gasteiger partial charge in [-0.2, -0.15) is 0 Å². The molecule has 0 unspecified atom stereocenters. The molecule has 0 radical (unpaired) electrons. The number of hydrogen-bond donors (Lipinski definition) is 1. The van der Waals surface area contributed by atoms with Crippen LogP contribution in [0.1, 0.15) is 26.0 Å². The highest BCUT2D eigenvalue weighted by Gasteiger charge is 2.12. The van der Waals surface area contributed by atoms with E-state index in [1.807, 2.05) is 26.0 Å². The zero-order valence-electron chi connectivity index (χ0n) is 10.2. The van der Waals surface area contributed by atoms with E-state index in [1.54, 1.807) is 23.7 Å². The number of aromatic nitrogens is 2. The van der Waals surface area contributed by atoms with Gasteiger partial charge in [-0.1, -0.05) is 0 Å². The summed E-state index contributed by atoms with van der Waals surface area (Å²) in [6, 6.07) is 3.96. The van der Waals surface area contributed by atoms with Crippen LogP contribution in [0.25, 0.3) is 10.6 Å². The smallest absolute Gasteiger partial charge is 0.123 e. The van der Waals surface area contributed by atoms with Crippen molar-refractivity contribution in [1.29, 1.82) is 0 Å². The summed E-state index contributed by atoms with van der Waals surface area (Å²) < 4.78 is 0. The number of rotatable bonds is 4. The molecule has 0 fully saturated rings. The van der Waals surface area contributed by atoms with Gasteiger partial charge in [-0.05, 0) is 38.8 Å². The minimum atomic E-state index is -0.125. The molecule has 0 aromatic carbocycles. The largest absolute Gasteiger partial charge is 0.326 e. The summed E-state index contributed by atoms with van der Waals surface area (Å²) in [5.74, 6) is 0. The Morgan fingerprint density at radius 1 is 1.29 bits per heavy atom. The molecule has 2 rings (SSSR count). The molecule has 2 aromatic heterocycles. The van der Waals surface area contributed by atoms with Crippen molar-refractivity contribution in [3.05, 3.63) is 35.6 Å². The predicted octanol–water partition coefficient (Wildman–Crippen LogP) is 2.88. The molecule has 2 aromatic rings. The second kappa shape index (κ2) is 4.94. The highest BCUT2D eigenvalue weighted by Crippen LogP contribution is 2.24. The Morgan fingerprint density at radius 2 is 2.00 bits per heavy atom. The first kappa shape index (κ1) is 12.2. The van der Waals surface area contributed by atoms with Crippen LogP contribution in [0, 0.1) is 0 Å². The fraction of sp³-hybridized carbons (Fsp3) is 0.385. The molecule has 17 heavy (non-hydrogen) atoms. The zero-order valence-corrected chi connectivity index (χ0v) is 11.0. The second-order valence-electron chi connectivity index (χ2n) is 4.87. The van der Waals surface area contributed by atoms with E-state index in [-0.39, 0.29) is 5.54 Å². The van der Waals surface area contributed by atoms with E-state index in [4.69, 9.17) is 5.73 Å². The number of nitrogens with zero attached hydrogens (tertiary/aromatic N) is 2. The number of aryl methyl sites for hydroxylation is 1. The number of hydrogen-bond acceptors (Lipinski definition) is 4. The Labute approximate surface area is 106 Å². The van der Waals surface area contributed by atoms with Crippen molar-refractivity contribution in [2.24, 2.45) is 5.73 Å². The standard InChI is InChI=1S/C13H17N3S/c1-13(2,14)6-3-11-9-17-12(16-11)10-4-7-15-8-5-10/h4-5,7-9H,3,6,14H2,1-2H3. The van der Waals surface area contributed by atoms with E-state index < -0.39 is 0 Å². The maximum Gasteiger partial charge on any atom is 0.123 e. The van der Waals surface area contributed by atoms with Gasteiger partial charge in [0.25, 0.3) is 0 Å². The van der Waals surface area contributed by atoms with Crippen molar-refractivity contribution in [3.8, 4) is 10.6 Å². The van der Waals surface area contributed by atoms with Gasteiger partial charge in [0, 0.05) is 28.9 Å². The van der Waals surface area contributed by atoms with Crippen molar-refractivity contribution in [1.82, 2.24) is 9.97 Å². The molecule has 2 heterocycles. The first-order valence-electron chi connectivity index (χ1n) is 5.68. The van der Waals surface area contributed by atoms with Crippen LogP contribution in [0.15, 0.2) is 29.9 Å². The van der Waals surface area contributed by atoms with Gasteiger partial charge in [0.2, 0.25) is 0 Å². The summed E-state index contributed by atoms with van der Waals surface area (Å²) >= 11 is 1.67. The summed E-state index contributed by atoms with van der Waals surface area (Å²) in [5.41, 5.74) is 8.10.